The third-order valence-corrected chi connectivity index (χ3v) is 6.37. The van der Waals surface area contributed by atoms with Gasteiger partial charge in [0.25, 0.3) is 0 Å². The molecule has 2 N–H and O–H groups in total. The molecule has 7 heteroatoms. The van der Waals surface area contributed by atoms with Crippen LogP contribution in [-0.4, -0.2) is 27.4 Å². The molecular formula is C23H29ClN4O2. The van der Waals surface area contributed by atoms with Gasteiger partial charge in [0.15, 0.2) is 0 Å². The lowest BCUT2D eigenvalue weighted by atomic mass is 9.49. The van der Waals surface area contributed by atoms with Crippen LogP contribution in [0.25, 0.3) is 0 Å². The highest BCUT2D eigenvalue weighted by atomic mass is 35.5. The summed E-state index contributed by atoms with van der Waals surface area (Å²) in [5.74, 6) is 0.911. The summed E-state index contributed by atoms with van der Waals surface area (Å²) in [6.45, 7) is 12.5. The van der Waals surface area contributed by atoms with E-state index in [1.54, 1.807) is 18.2 Å². The first-order valence-electron chi connectivity index (χ1n) is 10.1. The fourth-order valence-corrected chi connectivity index (χ4v) is 4.92. The fraction of sp³-hybridized carbons (Fsp3) is 0.522. The standard InChI is InChI=1S/C23H29ClN4O2/c1-13(2)17-9-10-18(28-27-17)19(29)26-20-22(3,4)21(23(20,5)6)30-15-8-7-14(12-25)16(24)11-15/h7-11,13,19-21,26,29H,1-6H3. The van der Waals surface area contributed by atoms with Crippen molar-refractivity contribution in [1.82, 2.24) is 15.5 Å². The van der Waals surface area contributed by atoms with Gasteiger partial charge in [0.1, 0.15) is 29.8 Å². The van der Waals surface area contributed by atoms with Gasteiger partial charge in [-0.3, -0.25) is 5.32 Å². The monoisotopic (exact) mass is 428 g/mol. The zero-order valence-electron chi connectivity index (χ0n) is 18.3. The Morgan fingerprint density at radius 1 is 1.10 bits per heavy atom. The Labute approximate surface area is 183 Å². The van der Waals surface area contributed by atoms with Crippen LogP contribution >= 0.6 is 11.6 Å². The lowest BCUT2D eigenvalue weighted by molar-refractivity contribution is -0.180. The lowest BCUT2D eigenvalue weighted by Crippen LogP contribution is -2.74. The Balaban J connectivity index is 1.73. The molecule has 1 fully saturated rings. The molecule has 3 rings (SSSR count). The maximum absolute atomic E-state index is 10.7. The van der Waals surface area contributed by atoms with E-state index in [1.165, 1.54) is 0 Å². The summed E-state index contributed by atoms with van der Waals surface area (Å²) in [7, 11) is 0. The van der Waals surface area contributed by atoms with Gasteiger partial charge in [-0.2, -0.15) is 15.5 Å². The summed E-state index contributed by atoms with van der Waals surface area (Å²) in [4.78, 5) is 0. The molecule has 1 aliphatic carbocycles. The largest absolute Gasteiger partial charge is 0.489 e. The molecule has 0 saturated heterocycles. The topological polar surface area (TPSA) is 91.1 Å². The molecule has 2 aromatic rings. The van der Waals surface area contributed by atoms with Crippen molar-refractivity contribution in [3.63, 3.8) is 0 Å². The van der Waals surface area contributed by atoms with E-state index in [1.807, 2.05) is 12.1 Å². The number of benzene rings is 1. The summed E-state index contributed by atoms with van der Waals surface area (Å²) < 4.78 is 6.28. The van der Waals surface area contributed by atoms with E-state index in [-0.39, 0.29) is 28.9 Å². The van der Waals surface area contributed by atoms with Crippen molar-refractivity contribution < 1.29 is 9.84 Å². The first-order valence-corrected chi connectivity index (χ1v) is 10.5. The molecule has 1 atom stereocenters. The van der Waals surface area contributed by atoms with Crippen molar-refractivity contribution in [1.29, 1.82) is 5.26 Å². The Morgan fingerprint density at radius 3 is 2.20 bits per heavy atom. The number of nitrogens with zero attached hydrogens (tertiary/aromatic N) is 3. The summed E-state index contributed by atoms with van der Waals surface area (Å²) >= 11 is 6.15. The minimum absolute atomic E-state index is 0.0228. The Kier molecular flexibility index (Phi) is 6.10. The number of nitrogens with one attached hydrogen (secondary N) is 1. The zero-order chi connectivity index (χ0) is 22.3. The van der Waals surface area contributed by atoms with Gasteiger partial charge in [-0.1, -0.05) is 53.1 Å². The molecule has 6 nitrogen and oxygen atoms in total. The SMILES string of the molecule is CC(C)c1ccc(C(O)NC2C(C)(C)C(Oc3ccc(C#N)c(Cl)c3)C2(C)C)nn1. The van der Waals surface area contributed by atoms with E-state index >= 15 is 0 Å². The summed E-state index contributed by atoms with van der Waals surface area (Å²) in [6, 6.07) is 10.8. The van der Waals surface area contributed by atoms with E-state index in [9.17, 15) is 5.11 Å². The maximum Gasteiger partial charge on any atom is 0.150 e. The summed E-state index contributed by atoms with van der Waals surface area (Å²) in [6.07, 6.45) is -1.04. The van der Waals surface area contributed by atoms with Gasteiger partial charge >= 0.3 is 0 Å². The number of ether oxygens (including phenoxy) is 1. The van der Waals surface area contributed by atoms with E-state index in [0.717, 1.165) is 5.69 Å². The second-order valence-corrected chi connectivity index (χ2v) is 9.84. The Hall–Kier alpha value is -2.20. The molecule has 0 amide bonds. The molecule has 1 saturated carbocycles. The average Bonchev–Trinajstić information content (AvgIpc) is 2.69. The van der Waals surface area contributed by atoms with Crippen molar-refractivity contribution in [3.8, 4) is 11.8 Å². The predicted molar refractivity (Wildman–Crippen MR) is 116 cm³/mol. The average molecular weight is 429 g/mol. The van der Waals surface area contributed by atoms with E-state index in [0.29, 0.717) is 22.0 Å². The van der Waals surface area contributed by atoms with Crippen LogP contribution in [0.2, 0.25) is 5.02 Å². The molecule has 0 bridgehead atoms. The van der Waals surface area contributed by atoms with E-state index in [2.05, 4.69) is 63.1 Å². The van der Waals surface area contributed by atoms with Crippen LogP contribution in [0, 0.1) is 22.2 Å². The highest BCUT2D eigenvalue weighted by molar-refractivity contribution is 6.31. The van der Waals surface area contributed by atoms with Gasteiger partial charge in [0.2, 0.25) is 0 Å². The molecule has 0 radical (unpaired) electrons. The van der Waals surface area contributed by atoms with Crippen LogP contribution in [0.1, 0.15) is 70.6 Å². The van der Waals surface area contributed by atoms with Gasteiger partial charge in [-0.15, -0.1) is 0 Å². The van der Waals surface area contributed by atoms with E-state index < -0.39 is 6.23 Å². The van der Waals surface area contributed by atoms with Gasteiger partial charge < -0.3 is 9.84 Å². The zero-order valence-corrected chi connectivity index (χ0v) is 19.0. The van der Waals surface area contributed by atoms with Crippen LogP contribution in [0.3, 0.4) is 0 Å². The molecule has 1 heterocycles. The molecule has 1 aromatic carbocycles. The first-order chi connectivity index (χ1) is 14.0. The van der Waals surface area contributed by atoms with E-state index in [4.69, 9.17) is 21.6 Å². The predicted octanol–water partition coefficient (Wildman–Crippen LogP) is 4.59. The lowest BCUT2D eigenvalue weighted by Gasteiger charge is -2.63. The van der Waals surface area contributed by atoms with Crippen LogP contribution < -0.4 is 10.1 Å². The van der Waals surface area contributed by atoms with Crippen LogP contribution in [-0.2, 0) is 0 Å². The molecule has 0 aliphatic heterocycles. The fourth-order valence-electron chi connectivity index (χ4n) is 4.70. The Morgan fingerprint density at radius 2 is 1.70 bits per heavy atom. The molecule has 160 valence electrons. The summed E-state index contributed by atoms with van der Waals surface area (Å²) in [5.41, 5.74) is 1.27. The maximum atomic E-state index is 10.7. The molecule has 30 heavy (non-hydrogen) atoms. The number of aromatic nitrogens is 2. The molecule has 1 aromatic heterocycles. The minimum Gasteiger partial charge on any atom is -0.489 e. The van der Waals surface area contributed by atoms with Crippen LogP contribution in [0.4, 0.5) is 0 Å². The first kappa shape index (κ1) is 22.5. The smallest absolute Gasteiger partial charge is 0.150 e. The highest BCUT2D eigenvalue weighted by Gasteiger charge is 2.63. The van der Waals surface area contributed by atoms with Gasteiger partial charge in [0.05, 0.1) is 16.3 Å². The number of rotatable bonds is 6. The number of nitriles is 1. The number of aliphatic hydroxyl groups is 1. The number of halogens is 1. The highest BCUT2D eigenvalue weighted by Crippen LogP contribution is 2.56. The number of hydrogen-bond donors (Lipinski definition) is 2. The van der Waals surface area contributed by atoms with Crippen molar-refractivity contribution in [2.75, 3.05) is 0 Å². The molecular weight excluding hydrogens is 400 g/mol. The number of aliphatic hydroxyl groups excluding tert-OH is 1. The van der Waals surface area contributed by atoms with Crippen molar-refractivity contribution in [2.45, 2.75) is 65.8 Å². The summed E-state index contributed by atoms with van der Waals surface area (Å²) in [5, 5.41) is 31.8. The van der Waals surface area contributed by atoms with Crippen molar-refractivity contribution in [2.24, 2.45) is 10.8 Å². The van der Waals surface area contributed by atoms with Gasteiger partial charge in [0, 0.05) is 22.9 Å². The minimum atomic E-state index is -0.924. The quantitative estimate of drug-likeness (QED) is 0.654. The van der Waals surface area contributed by atoms with Crippen LogP contribution in [0.5, 0.6) is 5.75 Å². The third kappa shape index (κ3) is 4.02. The van der Waals surface area contributed by atoms with Gasteiger partial charge in [-0.05, 0) is 30.2 Å². The normalized spacial score (nSPS) is 22.8. The second-order valence-electron chi connectivity index (χ2n) is 9.43. The molecule has 1 unspecified atom stereocenters. The second kappa shape index (κ2) is 8.14. The van der Waals surface area contributed by atoms with Crippen molar-refractivity contribution >= 4 is 11.6 Å². The molecule has 0 spiro atoms. The van der Waals surface area contributed by atoms with Crippen LogP contribution in [0.15, 0.2) is 30.3 Å². The van der Waals surface area contributed by atoms with Gasteiger partial charge in [-0.25, -0.2) is 0 Å². The molecule has 1 aliphatic rings. The van der Waals surface area contributed by atoms with Crippen molar-refractivity contribution in [3.05, 3.63) is 52.3 Å². The number of hydrogen-bond acceptors (Lipinski definition) is 6. The third-order valence-electron chi connectivity index (χ3n) is 6.06. The Bertz CT molecular complexity index is 935.